The van der Waals surface area contributed by atoms with E-state index in [0.717, 1.165) is 12.8 Å². The van der Waals surface area contributed by atoms with Gasteiger partial charge in [-0.05, 0) is 0 Å². The highest BCUT2D eigenvalue weighted by Gasteiger charge is 2.70. The summed E-state index contributed by atoms with van der Waals surface area (Å²) in [4.78, 5) is 11.7. The van der Waals surface area contributed by atoms with Crippen molar-refractivity contribution >= 4 is 14.1 Å². The highest BCUT2D eigenvalue weighted by Crippen LogP contribution is 2.63. The fourth-order valence-corrected chi connectivity index (χ4v) is 3.41. The number of nitrogens with zero attached hydrogens (tertiary/aromatic N) is 1. The topological polar surface area (TPSA) is 56.8 Å². The van der Waals surface area contributed by atoms with Gasteiger partial charge in [0.15, 0.2) is 0 Å². The molecule has 0 aromatic rings. The number of rotatable bonds is 2. The van der Waals surface area contributed by atoms with Gasteiger partial charge in [0.25, 0.3) is 0 Å². The van der Waals surface area contributed by atoms with Crippen molar-refractivity contribution in [3.63, 3.8) is 0 Å². The van der Waals surface area contributed by atoms with Crippen molar-refractivity contribution in [3.05, 3.63) is 0 Å². The number of carbonyl (C=O) groups excluding carboxylic acids is 1. The maximum absolute atomic E-state index is 11.7. The van der Waals surface area contributed by atoms with Crippen LogP contribution in [0.5, 0.6) is 0 Å². The zero-order chi connectivity index (χ0) is 10.2. The van der Waals surface area contributed by atoms with E-state index in [4.69, 9.17) is 13.7 Å². The fourth-order valence-electron chi connectivity index (χ4n) is 1.83. The largest absolute Gasteiger partial charge is 0.595 e. The van der Waals surface area contributed by atoms with Crippen molar-refractivity contribution in [3.8, 4) is 0 Å². The third kappa shape index (κ3) is 1.34. The summed E-state index contributed by atoms with van der Waals surface area (Å²) in [5.41, 5.74) is 0. The third-order valence-electron chi connectivity index (χ3n) is 2.64. The first-order valence-electron chi connectivity index (χ1n) is 4.58. The first-order valence-corrected chi connectivity index (χ1v) is 6.12. The van der Waals surface area contributed by atoms with Crippen LogP contribution < -0.4 is 5.09 Å². The Labute approximate surface area is 83.3 Å². The van der Waals surface area contributed by atoms with Crippen molar-refractivity contribution in [2.24, 2.45) is 0 Å². The van der Waals surface area contributed by atoms with E-state index in [1.165, 1.54) is 14.2 Å². The smallest absolute Gasteiger partial charge is 0.200 e. The molecule has 7 heteroatoms. The minimum Gasteiger partial charge on any atom is -0.200 e. The van der Waals surface area contributed by atoms with Gasteiger partial charge in [-0.2, -0.15) is 13.8 Å². The molecule has 0 aliphatic carbocycles. The maximum Gasteiger partial charge on any atom is 0.595 e. The van der Waals surface area contributed by atoms with Crippen LogP contribution in [-0.2, 0) is 13.7 Å². The van der Waals surface area contributed by atoms with E-state index in [1.807, 2.05) is 0 Å². The molecule has 0 aromatic carbocycles. The Morgan fingerprint density at radius 1 is 1.36 bits per heavy atom. The zero-order valence-corrected chi connectivity index (χ0v) is 9.25. The van der Waals surface area contributed by atoms with Gasteiger partial charge >= 0.3 is 14.1 Å². The van der Waals surface area contributed by atoms with E-state index in [0.29, 0.717) is 13.1 Å². The Kier molecular flexibility index (Phi) is 2.49. The van der Waals surface area contributed by atoms with Crippen molar-refractivity contribution < 1.29 is 23.1 Å². The monoisotopic (exact) mass is 222 g/mol. The van der Waals surface area contributed by atoms with E-state index < -0.39 is 8.09 Å². The average Bonchev–Trinajstić information content (AvgIpc) is 2.76. The van der Waals surface area contributed by atoms with Gasteiger partial charge in [0.05, 0.1) is 14.2 Å². The summed E-state index contributed by atoms with van der Waals surface area (Å²) in [6.07, 6.45) is 2.00. The minimum atomic E-state index is -2.61. The number of nitrogens with one attached hydrogen (secondary N) is 1. The second kappa shape index (κ2) is 3.40. The molecule has 1 spiro atoms. The Morgan fingerprint density at radius 2 is 1.93 bits per heavy atom. The molecule has 14 heavy (non-hydrogen) atoms. The van der Waals surface area contributed by atoms with Gasteiger partial charge in [-0.15, -0.1) is 0 Å². The van der Waals surface area contributed by atoms with Crippen LogP contribution in [0.15, 0.2) is 0 Å². The molecular weight excluding hydrogens is 207 g/mol. The molecule has 0 aromatic heterocycles. The molecule has 2 heterocycles. The van der Waals surface area contributed by atoms with Crippen LogP contribution in [0.2, 0.25) is 0 Å². The summed E-state index contributed by atoms with van der Waals surface area (Å²) < 4.78 is 15.9. The third-order valence-corrected chi connectivity index (χ3v) is 4.59. The first-order chi connectivity index (χ1) is 6.66. The predicted molar refractivity (Wildman–Crippen MR) is 49.8 cm³/mol. The molecule has 0 radical (unpaired) electrons. The molecule has 2 rings (SSSR count). The number of hydroxylamine groups is 3. The molecule has 2 fully saturated rings. The van der Waals surface area contributed by atoms with E-state index in [1.54, 1.807) is 0 Å². The van der Waals surface area contributed by atoms with Crippen molar-refractivity contribution in [1.29, 1.82) is 0 Å². The van der Waals surface area contributed by atoms with E-state index in [2.05, 4.69) is 5.09 Å². The van der Waals surface area contributed by atoms with E-state index in [9.17, 15) is 4.79 Å². The molecule has 2 saturated heterocycles. The molecule has 0 bridgehead atoms. The number of urea groups is 1. The lowest BCUT2D eigenvalue weighted by Gasteiger charge is -2.15. The van der Waals surface area contributed by atoms with Crippen LogP contribution in [0.1, 0.15) is 12.8 Å². The Morgan fingerprint density at radius 3 is 2.36 bits per heavy atom. The lowest BCUT2D eigenvalue weighted by Crippen LogP contribution is -2.46. The molecular formula is C7H15N2O4P+2. The van der Waals surface area contributed by atoms with Gasteiger partial charge in [-0.1, -0.05) is 9.73 Å². The van der Waals surface area contributed by atoms with E-state index >= 15 is 0 Å². The van der Waals surface area contributed by atoms with Gasteiger partial charge in [-0.3, -0.25) is 0 Å². The summed E-state index contributed by atoms with van der Waals surface area (Å²) in [7, 11) is 0.357. The highest BCUT2D eigenvalue weighted by molar-refractivity contribution is 7.60. The van der Waals surface area contributed by atoms with Crippen molar-refractivity contribution in [2.75, 3.05) is 27.3 Å². The number of hydrogen-bond acceptors (Lipinski definition) is 4. The average molecular weight is 222 g/mol. The second-order valence-corrected chi connectivity index (χ2v) is 5.52. The molecule has 0 unspecified atom stereocenters. The fraction of sp³-hybridized carbons (Fsp3) is 0.857. The number of amides is 2. The second-order valence-electron chi connectivity index (χ2n) is 3.40. The van der Waals surface area contributed by atoms with Crippen molar-refractivity contribution in [1.82, 2.24) is 5.09 Å². The van der Waals surface area contributed by atoms with Gasteiger partial charge in [-0.25, -0.2) is 0 Å². The minimum absolute atomic E-state index is 0.0233. The molecule has 2 amide bonds. The SMILES string of the molecule is CO[P+]1(OC)NC(=O)[N+]2(CCCC2)O1. The van der Waals surface area contributed by atoms with Crippen LogP contribution >= 0.6 is 8.09 Å². The summed E-state index contributed by atoms with van der Waals surface area (Å²) in [5, 5.41) is 2.68. The highest BCUT2D eigenvalue weighted by atomic mass is 31.2. The van der Waals surface area contributed by atoms with Gasteiger partial charge < -0.3 is 0 Å². The van der Waals surface area contributed by atoms with Crippen LogP contribution in [0.3, 0.4) is 0 Å². The quantitative estimate of drug-likeness (QED) is 0.563. The molecule has 80 valence electrons. The van der Waals surface area contributed by atoms with Crippen LogP contribution in [0.4, 0.5) is 4.79 Å². The number of hydrogen-bond donors (Lipinski definition) is 1. The molecule has 2 aliphatic heterocycles. The summed E-state index contributed by atoms with van der Waals surface area (Å²) >= 11 is 0. The Hall–Kier alpha value is -0.260. The summed E-state index contributed by atoms with van der Waals surface area (Å²) in [6, 6.07) is -0.139. The van der Waals surface area contributed by atoms with Crippen LogP contribution in [0.25, 0.3) is 0 Å². The summed E-state index contributed by atoms with van der Waals surface area (Å²) in [6.45, 7) is 1.42. The number of carbonyl (C=O) groups is 1. The molecule has 1 N–H and O–H groups in total. The lowest BCUT2D eigenvalue weighted by molar-refractivity contribution is -1.00. The van der Waals surface area contributed by atoms with Gasteiger partial charge in [0.1, 0.15) is 13.1 Å². The molecule has 6 nitrogen and oxygen atoms in total. The standard InChI is InChI=1S/C7H14N2O4P/c1-11-14(12-2)8-7(10)9(13-14)5-3-4-6-9/h3-6H2,1-2H3/q+1/p+1. The normalized spacial score (nSPS) is 28.3. The maximum atomic E-state index is 11.7. The van der Waals surface area contributed by atoms with Gasteiger partial charge in [0, 0.05) is 17.5 Å². The molecule has 0 saturated carbocycles. The summed E-state index contributed by atoms with van der Waals surface area (Å²) in [5.74, 6) is 0. The van der Waals surface area contributed by atoms with Gasteiger partial charge in [0.2, 0.25) is 0 Å². The molecule has 2 aliphatic rings. The molecule has 0 atom stereocenters. The predicted octanol–water partition coefficient (Wildman–Crippen LogP) is 1.22. The zero-order valence-electron chi connectivity index (χ0n) is 8.36. The Bertz CT molecular complexity index is 250. The Balaban J connectivity index is 2.20. The number of quaternary nitrogens is 1. The van der Waals surface area contributed by atoms with E-state index in [-0.39, 0.29) is 10.7 Å². The van der Waals surface area contributed by atoms with Crippen LogP contribution in [-0.4, -0.2) is 38.0 Å². The van der Waals surface area contributed by atoms with Crippen LogP contribution in [0, 0.1) is 0 Å². The lowest BCUT2D eigenvalue weighted by atomic mass is 10.4. The first kappa shape index (κ1) is 10.3. The van der Waals surface area contributed by atoms with Crippen molar-refractivity contribution in [2.45, 2.75) is 12.8 Å².